The molecule has 0 heterocycles. The third-order valence-corrected chi connectivity index (χ3v) is 11.5. The topological polar surface area (TPSA) is 253 Å². The van der Waals surface area contributed by atoms with Gasteiger partial charge in [-0.15, -0.1) is 0 Å². The summed E-state index contributed by atoms with van der Waals surface area (Å²) < 4.78 is 47.7. The van der Waals surface area contributed by atoms with E-state index in [0.717, 1.165) is 57.8 Å². The van der Waals surface area contributed by atoms with Crippen molar-refractivity contribution in [2.24, 2.45) is 11.8 Å². The average Bonchev–Trinajstić information content (AvgIpc) is 3.49. The minimum atomic E-state index is -4.90. The maximum atomic E-state index is 12.7. The molecule has 0 aromatic heterocycles. The van der Waals surface area contributed by atoms with E-state index in [0.29, 0.717) is 38.5 Å². The highest BCUT2D eigenvalue weighted by atomic mass is 31.2. The second-order valence-electron chi connectivity index (χ2n) is 15.8. The lowest BCUT2D eigenvalue weighted by atomic mass is 9.88. The van der Waals surface area contributed by atoms with Crippen molar-refractivity contribution in [3.8, 4) is 0 Å². The fourth-order valence-corrected chi connectivity index (χ4v) is 7.77. The van der Waals surface area contributed by atoms with Gasteiger partial charge in [0.25, 0.3) is 0 Å². The predicted molar refractivity (Wildman–Crippen MR) is 235 cm³/mol. The number of hydrogen-bond donors (Lipinski definition) is 6. The molecule has 1 fully saturated rings. The summed E-state index contributed by atoms with van der Waals surface area (Å²) in [5, 5.41) is 30.5. The molecule has 16 nitrogen and oxygen atoms in total. The largest absolute Gasteiger partial charge is 0.472 e. The number of carbonyl (C=O) groups excluding carboxylic acids is 3. The minimum Gasteiger partial charge on any atom is -0.462 e. The molecule has 1 rings (SSSR count). The van der Waals surface area contributed by atoms with Crippen molar-refractivity contribution in [2.45, 2.75) is 173 Å². The van der Waals surface area contributed by atoms with Crippen LogP contribution < -0.4 is 0 Å². The molecule has 0 aliphatic heterocycles. The Labute approximate surface area is 369 Å². The molecule has 0 spiro atoms. The molecule has 6 N–H and O–H groups in total. The number of Topliss-reactive ketones (excluding diaryl/α,β-unsaturated/α-hetero) is 1. The van der Waals surface area contributed by atoms with E-state index in [1.54, 1.807) is 12.2 Å². The molecule has 0 radical (unpaired) electrons. The molecule has 358 valence electrons. The van der Waals surface area contributed by atoms with Gasteiger partial charge in [0, 0.05) is 25.2 Å². The Kier molecular flexibility index (Phi) is 32.6. The number of rotatable bonds is 38. The number of aliphatic hydroxyl groups is 3. The molecule has 1 saturated carbocycles. The second kappa shape index (κ2) is 35.0. The number of aliphatic hydroxyl groups excluding tert-OH is 3. The fourth-order valence-electron chi connectivity index (χ4n) is 6.61. The van der Waals surface area contributed by atoms with E-state index in [1.807, 2.05) is 6.08 Å². The van der Waals surface area contributed by atoms with Crippen LogP contribution in [0.5, 0.6) is 0 Å². The van der Waals surface area contributed by atoms with E-state index >= 15 is 0 Å². The van der Waals surface area contributed by atoms with Crippen LogP contribution >= 0.6 is 15.6 Å². The third-order valence-electron chi connectivity index (χ3n) is 10.1. The van der Waals surface area contributed by atoms with Crippen LogP contribution in [0.4, 0.5) is 0 Å². The van der Waals surface area contributed by atoms with Gasteiger partial charge in [0.15, 0.2) is 6.10 Å². The summed E-state index contributed by atoms with van der Waals surface area (Å²) in [6, 6.07) is 0. The first kappa shape index (κ1) is 57.7. The molecule has 0 aromatic carbocycles. The normalized spacial score (nSPS) is 19.8. The Morgan fingerprint density at radius 3 is 1.94 bits per heavy atom. The molecule has 1 unspecified atom stereocenters. The molecule has 1 aliphatic carbocycles. The summed E-state index contributed by atoms with van der Waals surface area (Å²) in [6.45, 7) is 1.31. The Morgan fingerprint density at radius 2 is 1.27 bits per heavy atom. The number of carbonyl (C=O) groups is 3. The van der Waals surface area contributed by atoms with Crippen LogP contribution in [0.15, 0.2) is 48.6 Å². The quantitative estimate of drug-likeness (QED) is 0.0148. The number of phosphoric ester groups is 2. The summed E-state index contributed by atoms with van der Waals surface area (Å²) in [5.74, 6) is -1.93. The number of allylic oxidation sites excluding steroid dienone is 7. The molecular formula is C44H76O16P2. The zero-order chi connectivity index (χ0) is 46.1. The molecule has 7 atom stereocenters. The van der Waals surface area contributed by atoms with E-state index in [2.05, 4.69) is 53.3 Å². The summed E-state index contributed by atoms with van der Waals surface area (Å²) in [6.07, 6.45) is 27.3. The number of ether oxygens (including phenoxy) is 2. The molecular weight excluding hydrogens is 846 g/mol. The van der Waals surface area contributed by atoms with Crippen molar-refractivity contribution < 1.29 is 76.6 Å². The fraction of sp³-hybridized carbons (Fsp3) is 0.750. The Bertz CT molecular complexity index is 1440. The smallest absolute Gasteiger partial charge is 0.462 e. The van der Waals surface area contributed by atoms with Crippen molar-refractivity contribution in [3.63, 3.8) is 0 Å². The van der Waals surface area contributed by atoms with Gasteiger partial charge < -0.3 is 39.5 Å². The van der Waals surface area contributed by atoms with Crippen molar-refractivity contribution in [2.75, 3.05) is 26.4 Å². The molecule has 0 amide bonds. The molecule has 0 bridgehead atoms. The molecule has 0 saturated heterocycles. The number of hydrogen-bond acceptors (Lipinski definition) is 13. The highest BCUT2D eigenvalue weighted by Gasteiger charge is 2.39. The Morgan fingerprint density at radius 1 is 0.710 bits per heavy atom. The van der Waals surface area contributed by atoms with E-state index in [1.165, 1.54) is 19.3 Å². The lowest BCUT2D eigenvalue weighted by Gasteiger charge is -2.20. The van der Waals surface area contributed by atoms with Gasteiger partial charge in [0.05, 0.1) is 32.0 Å². The van der Waals surface area contributed by atoms with Crippen LogP contribution in [0.3, 0.4) is 0 Å². The number of phosphoric acid groups is 2. The monoisotopic (exact) mass is 922 g/mol. The Hall–Kier alpha value is -2.33. The third kappa shape index (κ3) is 31.5. The first-order valence-corrected chi connectivity index (χ1v) is 25.5. The highest BCUT2D eigenvalue weighted by Crippen LogP contribution is 2.44. The zero-order valence-electron chi connectivity index (χ0n) is 36.9. The predicted octanol–water partition coefficient (Wildman–Crippen LogP) is 8.04. The lowest BCUT2D eigenvalue weighted by Crippen LogP contribution is -2.30. The van der Waals surface area contributed by atoms with Gasteiger partial charge in [0.2, 0.25) is 0 Å². The number of unbranched alkanes of at least 4 members (excludes halogenated alkanes) is 10. The Balaban J connectivity index is 2.57. The molecule has 62 heavy (non-hydrogen) atoms. The van der Waals surface area contributed by atoms with Crippen molar-refractivity contribution in [1.82, 2.24) is 0 Å². The van der Waals surface area contributed by atoms with Crippen molar-refractivity contribution in [1.29, 1.82) is 0 Å². The van der Waals surface area contributed by atoms with E-state index in [-0.39, 0.29) is 31.0 Å². The first-order chi connectivity index (χ1) is 29.6. The van der Waals surface area contributed by atoms with Crippen molar-refractivity contribution in [3.05, 3.63) is 48.6 Å². The zero-order valence-corrected chi connectivity index (χ0v) is 38.7. The SMILES string of the molecule is CCCCC/C=C\C/C=C\C/C=C\CCCCC(=O)O[C@H](COC(=O)CCCCCC[C@H]1[C@@H](O)CC(=O)[C@@H]1/C=C/[C@@H](O)CCCCC)COP(=O)(O)OC[C@@H](O)COP(=O)(O)O. The number of ketones is 1. The van der Waals surface area contributed by atoms with Gasteiger partial charge in [-0.2, -0.15) is 0 Å². The maximum absolute atomic E-state index is 12.7. The van der Waals surface area contributed by atoms with Crippen LogP contribution in [0, 0.1) is 11.8 Å². The summed E-state index contributed by atoms with van der Waals surface area (Å²) in [5.41, 5.74) is 0. The molecule has 18 heteroatoms. The summed E-state index contributed by atoms with van der Waals surface area (Å²) in [7, 11) is -9.78. The maximum Gasteiger partial charge on any atom is 0.472 e. The van der Waals surface area contributed by atoms with Crippen LogP contribution in [0.2, 0.25) is 0 Å². The van der Waals surface area contributed by atoms with Gasteiger partial charge in [-0.3, -0.25) is 28.0 Å². The van der Waals surface area contributed by atoms with Crippen LogP contribution in [-0.2, 0) is 46.6 Å². The molecule has 0 aromatic rings. The van der Waals surface area contributed by atoms with E-state index in [4.69, 9.17) is 23.8 Å². The summed E-state index contributed by atoms with van der Waals surface area (Å²) in [4.78, 5) is 65.4. The molecule has 1 aliphatic rings. The second-order valence-corrected chi connectivity index (χ2v) is 18.4. The van der Waals surface area contributed by atoms with Gasteiger partial charge >= 0.3 is 27.6 Å². The van der Waals surface area contributed by atoms with E-state index in [9.17, 15) is 43.7 Å². The first-order valence-electron chi connectivity index (χ1n) is 22.4. The van der Waals surface area contributed by atoms with Gasteiger partial charge in [0.1, 0.15) is 18.5 Å². The standard InChI is InChI=1S/C44H76O16P2/c1-3-5-7-8-9-10-11-12-13-14-15-16-17-18-24-28-44(50)60-38(35-59-62(54,55)58-33-37(46)32-57-61(51,52)53)34-56-43(49)27-23-20-19-22-26-39-40(42(48)31-41(39)47)30-29-36(45)25-21-6-4-2/h9-10,12-13,15-16,29-30,36-41,45-47H,3-8,11,14,17-28,31-35H2,1-2H3,(H,54,55)(H2,51,52,53)/b10-9-,13-12-,16-15-,30-29+/t36-,37-,38+,39+,40+,41-/m0/s1. The van der Waals surface area contributed by atoms with Crippen LogP contribution in [-0.4, -0.2) is 98.6 Å². The van der Waals surface area contributed by atoms with Gasteiger partial charge in [-0.25, -0.2) is 9.13 Å². The minimum absolute atomic E-state index is 0.0325. The van der Waals surface area contributed by atoms with E-state index < -0.39 is 84.3 Å². The van der Waals surface area contributed by atoms with Gasteiger partial charge in [-0.05, 0) is 70.1 Å². The van der Waals surface area contributed by atoms with Crippen LogP contribution in [0.1, 0.15) is 149 Å². The van der Waals surface area contributed by atoms with Crippen LogP contribution in [0.25, 0.3) is 0 Å². The average molecular weight is 923 g/mol. The van der Waals surface area contributed by atoms with Gasteiger partial charge in [-0.1, -0.05) is 114 Å². The summed E-state index contributed by atoms with van der Waals surface area (Å²) >= 11 is 0. The lowest BCUT2D eigenvalue weighted by molar-refractivity contribution is -0.161. The highest BCUT2D eigenvalue weighted by molar-refractivity contribution is 7.47. The number of esters is 2. The van der Waals surface area contributed by atoms with Crippen molar-refractivity contribution >= 4 is 33.4 Å².